The third-order valence-electron chi connectivity index (χ3n) is 6.36. The average molecular weight is 292 g/mol. The number of amides is 1. The molecule has 0 aromatic carbocycles. The van der Waals surface area contributed by atoms with Crippen molar-refractivity contribution in [2.45, 2.75) is 44.6 Å². The van der Waals surface area contributed by atoms with Gasteiger partial charge < -0.3 is 15.0 Å². The second kappa shape index (κ2) is 5.24. The lowest BCUT2D eigenvalue weighted by molar-refractivity contribution is -0.139. The lowest BCUT2D eigenvalue weighted by atomic mass is 9.49. The lowest BCUT2D eigenvalue weighted by Crippen LogP contribution is -2.54. The van der Waals surface area contributed by atoms with Gasteiger partial charge in [-0.05, 0) is 68.7 Å². The predicted molar refractivity (Wildman–Crippen MR) is 80.9 cm³/mol. The molecule has 4 bridgehead atoms. The third-order valence-corrected chi connectivity index (χ3v) is 6.36. The molecule has 118 valence electrons. The third kappa shape index (κ3) is 2.72. The summed E-state index contributed by atoms with van der Waals surface area (Å²) in [6.07, 6.45) is 8.18. The number of ether oxygens (including phenoxy) is 1. The molecule has 5 aliphatic rings. The summed E-state index contributed by atoms with van der Waals surface area (Å²) in [6.45, 7) is 3.22. The maximum absolute atomic E-state index is 12.4. The van der Waals surface area contributed by atoms with E-state index in [9.17, 15) is 4.79 Å². The topological polar surface area (TPSA) is 41.6 Å². The Morgan fingerprint density at radius 3 is 2.38 bits per heavy atom. The molecule has 5 fully saturated rings. The fraction of sp³-hybridized carbons (Fsp3) is 0.941. The zero-order valence-corrected chi connectivity index (χ0v) is 13.1. The van der Waals surface area contributed by atoms with Crippen LogP contribution in [0.4, 0.5) is 0 Å². The monoisotopic (exact) mass is 292 g/mol. The fourth-order valence-electron chi connectivity index (χ4n) is 5.83. The molecule has 4 saturated carbocycles. The maximum atomic E-state index is 12.4. The summed E-state index contributed by atoms with van der Waals surface area (Å²) < 4.78 is 5.63. The van der Waals surface area contributed by atoms with Gasteiger partial charge in [0, 0.05) is 19.6 Å². The smallest absolute Gasteiger partial charge is 0.250 e. The molecular weight excluding hydrogens is 264 g/mol. The zero-order chi connectivity index (χ0) is 14.4. The van der Waals surface area contributed by atoms with Gasteiger partial charge in [-0.25, -0.2) is 0 Å². The molecule has 1 saturated heterocycles. The van der Waals surface area contributed by atoms with Crippen molar-refractivity contribution in [2.75, 3.05) is 33.3 Å². The highest BCUT2D eigenvalue weighted by molar-refractivity contribution is 5.81. The van der Waals surface area contributed by atoms with Crippen LogP contribution < -0.4 is 5.32 Å². The highest BCUT2D eigenvalue weighted by Crippen LogP contribution is 2.59. The van der Waals surface area contributed by atoms with Gasteiger partial charge in [0.25, 0.3) is 0 Å². The molecule has 0 aromatic rings. The molecular formula is C17H28N2O2. The number of nitrogens with one attached hydrogen (secondary N) is 1. The van der Waals surface area contributed by atoms with Gasteiger partial charge in [0.15, 0.2) is 0 Å². The van der Waals surface area contributed by atoms with Crippen LogP contribution in [0.5, 0.6) is 0 Å². The first-order valence-corrected chi connectivity index (χ1v) is 8.70. The summed E-state index contributed by atoms with van der Waals surface area (Å²) in [5, 5.41) is 3.24. The second-order valence-electron chi connectivity index (χ2n) is 8.26. The Morgan fingerprint density at radius 1 is 1.19 bits per heavy atom. The number of morpholine rings is 1. The minimum absolute atomic E-state index is 0.109. The Kier molecular flexibility index (Phi) is 3.49. The van der Waals surface area contributed by atoms with Crippen molar-refractivity contribution in [3.8, 4) is 0 Å². The van der Waals surface area contributed by atoms with Crippen LogP contribution in [0.2, 0.25) is 0 Å². The minimum atomic E-state index is -0.266. The van der Waals surface area contributed by atoms with Gasteiger partial charge in [0.05, 0.1) is 6.61 Å². The summed E-state index contributed by atoms with van der Waals surface area (Å²) in [5.41, 5.74) is 0.422. The number of carbonyl (C=O) groups is 1. The number of likely N-dealkylation sites (N-methyl/N-ethyl adjacent to an activating group) is 1. The molecule has 0 radical (unpaired) electrons. The highest BCUT2D eigenvalue weighted by atomic mass is 16.5. The highest BCUT2D eigenvalue weighted by Gasteiger charge is 2.50. The van der Waals surface area contributed by atoms with Crippen LogP contribution in [0, 0.1) is 23.2 Å². The Labute approximate surface area is 127 Å². The van der Waals surface area contributed by atoms with Gasteiger partial charge in [0.2, 0.25) is 5.91 Å². The Bertz CT molecular complexity index is 388. The van der Waals surface area contributed by atoms with E-state index in [1.807, 2.05) is 0 Å². The minimum Gasteiger partial charge on any atom is -0.366 e. The van der Waals surface area contributed by atoms with Crippen molar-refractivity contribution in [1.29, 1.82) is 0 Å². The number of rotatable bonds is 3. The van der Waals surface area contributed by atoms with Crippen LogP contribution in [-0.2, 0) is 9.53 Å². The van der Waals surface area contributed by atoms with Crippen molar-refractivity contribution in [2.24, 2.45) is 23.2 Å². The Balaban J connectivity index is 1.35. The van der Waals surface area contributed by atoms with E-state index in [4.69, 9.17) is 4.74 Å². The average Bonchev–Trinajstić information content (AvgIpc) is 2.43. The lowest BCUT2D eigenvalue weighted by Gasteiger charge is -2.57. The van der Waals surface area contributed by atoms with E-state index >= 15 is 0 Å². The number of carbonyl (C=O) groups excluding carboxylic acids is 1. The molecule has 1 aliphatic heterocycles. The van der Waals surface area contributed by atoms with Crippen molar-refractivity contribution in [3.63, 3.8) is 0 Å². The van der Waals surface area contributed by atoms with Crippen LogP contribution in [-0.4, -0.2) is 50.2 Å². The van der Waals surface area contributed by atoms with Crippen LogP contribution >= 0.6 is 0 Å². The van der Waals surface area contributed by atoms with E-state index in [0.717, 1.165) is 37.4 Å². The quantitative estimate of drug-likeness (QED) is 0.860. The van der Waals surface area contributed by atoms with E-state index in [-0.39, 0.29) is 12.0 Å². The van der Waals surface area contributed by atoms with Gasteiger partial charge in [-0.3, -0.25) is 4.79 Å². The fourth-order valence-corrected chi connectivity index (χ4v) is 5.83. The van der Waals surface area contributed by atoms with E-state index < -0.39 is 0 Å². The SMILES string of the molecule is CN1CCO[C@H](C(=O)NCC23CC4CC(CC(C4)C2)C3)C1. The first-order chi connectivity index (χ1) is 10.1. The molecule has 4 heteroatoms. The molecule has 1 amide bonds. The number of hydrogen-bond donors (Lipinski definition) is 1. The molecule has 21 heavy (non-hydrogen) atoms. The summed E-state index contributed by atoms with van der Waals surface area (Å²) in [6, 6.07) is 0. The largest absolute Gasteiger partial charge is 0.366 e. The molecule has 1 atom stereocenters. The molecule has 1 heterocycles. The second-order valence-corrected chi connectivity index (χ2v) is 8.26. The van der Waals surface area contributed by atoms with Crippen molar-refractivity contribution < 1.29 is 9.53 Å². The van der Waals surface area contributed by atoms with Crippen molar-refractivity contribution in [3.05, 3.63) is 0 Å². The van der Waals surface area contributed by atoms with Gasteiger partial charge in [-0.15, -0.1) is 0 Å². The van der Waals surface area contributed by atoms with Gasteiger partial charge in [0.1, 0.15) is 6.10 Å². The summed E-state index contributed by atoms with van der Waals surface area (Å²) in [5.74, 6) is 2.96. The van der Waals surface area contributed by atoms with Gasteiger partial charge >= 0.3 is 0 Å². The Hall–Kier alpha value is -0.610. The van der Waals surface area contributed by atoms with Crippen LogP contribution in [0.15, 0.2) is 0 Å². The summed E-state index contributed by atoms with van der Waals surface area (Å²) >= 11 is 0. The molecule has 0 spiro atoms. The zero-order valence-electron chi connectivity index (χ0n) is 13.1. The Morgan fingerprint density at radius 2 is 1.81 bits per heavy atom. The van der Waals surface area contributed by atoms with Gasteiger partial charge in [-0.2, -0.15) is 0 Å². The van der Waals surface area contributed by atoms with Gasteiger partial charge in [-0.1, -0.05) is 0 Å². The summed E-state index contributed by atoms with van der Waals surface area (Å²) in [4.78, 5) is 14.6. The van der Waals surface area contributed by atoms with E-state index in [0.29, 0.717) is 12.0 Å². The van der Waals surface area contributed by atoms with E-state index in [1.54, 1.807) is 0 Å². The molecule has 5 rings (SSSR count). The van der Waals surface area contributed by atoms with Crippen molar-refractivity contribution >= 4 is 5.91 Å². The van der Waals surface area contributed by atoms with Crippen LogP contribution in [0.25, 0.3) is 0 Å². The van der Waals surface area contributed by atoms with Crippen LogP contribution in [0.3, 0.4) is 0 Å². The molecule has 0 aromatic heterocycles. The predicted octanol–water partition coefficient (Wildman–Crippen LogP) is 1.65. The first kappa shape index (κ1) is 14.0. The number of hydrogen-bond acceptors (Lipinski definition) is 3. The molecule has 4 nitrogen and oxygen atoms in total. The summed E-state index contributed by atoms with van der Waals surface area (Å²) in [7, 11) is 2.06. The van der Waals surface area contributed by atoms with E-state index in [2.05, 4.69) is 17.3 Å². The maximum Gasteiger partial charge on any atom is 0.250 e. The normalized spacial score (nSPS) is 45.8. The van der Waals surface area contributed by atoms with Crippen molar-refractivity contribution in [1.82, 2.24) is 10.2 Å². The molecule has 4 aliphatic carbocycles. The first-order valence-electron chi connectivity index (χ1n) is 8.70. The molecule has 1 N–H and O–H groups in total. The molecule has 0 unspecified atom stereocenters. The number of nitrogens with zero attached hydrogens (tertiary/aromatic N) is 1. The standard InChI is InChI=1S/C17H28N2O2/c1-19-2-3-21-15(10-19)16(20)18-11-17-7-12-4-13(8-17)6-14(5-12)9-17/h12-15H,2-11H2,1H3,(H,18,20)/t12?,13?,14?,15-,17?/m0/s1. The van der Waals surface area contributed by atoms with Crippen LogP contribution in [0.1, 0.15) is 38.5 Å². The van der Waals surface area contributed by atoms with E-state index in [1.165, 1.54) is 38.5 Å².